The second-order valence-electron chi connectivity index (χ2n) is 3.84. The van der Waals surface area contributed by atoms with Crippen LogP contribution in [0.15, 0.2) is 17.1 Å². The molecule has 7 nitrogen and oxygen atoms in total. The maximum Gasteiger partial charge on any atom is 0.224 e. The third-order valence-corrected chi connectivity index (χ3v) is 2.33. The maximum atomic E-state index is 13.5. The normalized spacial score (nSPS) is 10.4. The first-order chi connectivity index (χ1) is 9.29. The van der Waals surface area contributed by atoms with E-state index >= 15 is 0 Å². The fourth-order valence-electron chi connectivity index (χ4n) is 1.41. The second kappa shape index (κ2) is 6.62. The standard InChI is InChI=1S/C11H15FN6O/c1-2-4-14-11-15-6-8(12)10(17-11)13-5-3-9-16-7-19-18-9/h6-7H,2-5H2,1H3,(H2,13,14,15,17). The van der Waals surface area contributed by atoms with E-state index in [2.05, 4.69) is 35.3 Å². The van der Waals surface area contributed by atoms with E-state index in [0.717, 1.165) is 19.2 Å². The van der Waals surface area contributed by atoms with Crippen LogP contribution in [-0.4, -0.2) is 33.2 Å². The van der Waals surface area contributed by atoms with Gasteiger partial charge in [-0.25, -0.2) is 9.37 Å². The molecule has 0 radical (unpaired) electrons. The molecule has 0 spiro atoms. The zero-order valence-corrected chi connectivity index (χ0v) is 10.6. The Bertz CT molecular complexity index is 504. The predicted molar refractivity (Wildman–Crippen MR) is 67.3 cm³/mol. The average molecular weight is 266 g/mol. The van der Waals surface area contributed by atoms with Crippen LogP contribution in [0, 0.1) is 5.82 Å². The maximum absolute atomic E-state index is 13.5. The van der Waals surface area contributed by atoms with E-state index in [1.165, 1.54) is 6.39 Å². The molecule has 0 unspecified atom stereocenters. The van der Waals surface area contributed by atoms with E-state index in [4.69, 9.17) is 0 Å². The Hall–Kier alpha value is -2.25. The number of nitrogens with zero attached hydrogens (tertiary/aromatic N) is 4. The van der Waals surface area contributed by atoms with Crippen LogP contribution < -0.4 is 10.6 Å². The van der Waals surface area contributed by atoms with Gasteiger partial charge in [0.2, 0.25) is 12.3 Å². The molecule has 8 heteroatoms. The summed E-state index contributed by atoms with van der Waals surface area (Å²) in [5.41, 5.74) is 0. The Kier molecular flexibility index (Phi) is 4.60. The molecule has 2 N–H and O–H groups in total. The van der Waals surface area contributed by atoms with E-state index in [1.54, 1.807) is 0 Å². The molecule has 2 aromatic rings. The summed E-state index contributed by atoms with van der Waals surface area (Å²) in [7, 11) is 0. The molecular formula is C11H15FN6O. The molecule has 0 bridgehead atoms. The number of halogens is 1. The minimum absolute atomic E-state index is 0.164. The summed E-state index contributed by atoms with van der Waals surface area (Å²) in [4.78, 5) is 11.8. The van der Waals surface area contributed by atoms with Crippen LogP contribution in [0.25, 0.3) is 0 Å². The molecule has 2 rings (SSSR count). The van der Waals surface area contributed by atoms with E-state index in [1.807, 2.05) is 6.92 Å². The average Bonchev–Trinajstić information content (AvgIpc) is 2.92. The lowest BCUT2D eigenvalue weighted by atomic mass is 10.4. The summed E-state index contributed by atoms with van der Waals surface area (Å²) in [6.07, 6.45) is 3.87. The first-order valence-corrected chi connectivity index (χ1v) is 6.05. The van der Waals surface area contributed by atoms with E-state index in [0.29, 0.717) is 24.7 Å². The van der Waals surface area contributed by atoms with Crippen LogP contribution in [0.4, 0.5) is 16.2 Å². The monoisotopic (exact) mass is 266 g/mol. The summed E-state index contributed by atoms with van der Waals surface area (Å²) >= 11 is 0. The molecule has 2 heterocycles. The van der Waals surface area contributed by atoms with Crippen LogP contribution in [0.1, 0.15) is 19.2 Å². The first kappa shape index (κ1) is 13.2. The minimum Gasteiger partial charge on any atom is -0.367 e. The summed E-state index contributed by atoms with van der Waals surface area (Å²) in [6, 6.07) is 0. The minimum atomic E-state index is -0.491. The van der Waals surface area contributed by atoms with Gasteiger partial charge in [0.25, 0.3) is 0 Å². The van der Waals surface area contributed by atoms with Gasteiger partial charge in [0, 0.05) is 19.5 Å². The first-order valence-electron chi connectivity index (χ1n) is 6.05. The highest BCUT2D eigenvalue weighted by molar-refractivity contribution is 5.40. The summed E-state index contributed by atoms with van der Waals surface area (Å²) in [6.45, 7) is 3.23. The van der Waals surface area contributed by atoms with Crippen molar-refractivity contribution in [2.45, 2.75) is 19.8 Å². The molecule has 0 aromatic carbocycles. The van der Waals surface area contributed by atoms with Crippen molar-refractivity contribution in [1.29, 1.82) is 0 Å². The van der Waals surface area contributed by atoms with Crippen molar-refractivity contribution in [3.63, 3.8) is 0 Å². The Labute approximate surface area is 109 Å². The van der Waals surface area contributed by atoms with Gasteiger partial charge in [-0.05, 0) is 6.42 Å². The smallest absolute Gasteiger partial charge is 0.224 e. The van der Waals surface area contributed by atoms with Gasteiger partial charge in [-0.3, -0.25) is 0 Å². The fourth-order valence-corrected chi connectivity index (χ4v) is 1.41. The van der Waals surface area contributed by atoms with Gasteiger partial charge in [0.15, 0.2) is 17.5 Å². The van der Waals surface area contributed by atoms with Crippen LogP contribution in [0.5, 0.6) is 0 Å². The van der Waals surface area contributed by atoms with E-state index in [-0.39, 0.29) is 5.82 Å². The summed E-state index contributed by atoms with van der Waals surface area (Å²) in [5.74, 6) is 0.642. The molecule has 102 valence electrons. The van der Waals surface area contributed by atoms with Crippen molar-refractivity contribution >= 4 is 11.8 Å². The largest absolute Gasteiger partial charge is 0.367 e. The van der Waals surface area contributed by atoms with E-state index in [9.17, 15) is 4.39 Å². The van der Waals surface area contributed by atoms with Crippen LogP contribution in [0.2, 0.25) is 0 Å². The second-order valence-corrected chi connectivity index (χ2v) is 3.84. The molecule has 0 aliphatic rings. The number of rotatable bonds is 7. The van der Waals surface area contributed by atoms with Crippen molar-refractivity contribution in [2.24, 2.45) is 0 Å². The number of hydrogen-bond acceptors (Lipinski definition) is 7. The van der Waals surface area contributed by atoms with Crippen LogP contribution >= 0.6 is 0 Å². The van der Waals surface area contributed by atoms with Gasteiger partial charge >= 0.3 is 0 Å². The Morgan fingerprint density at radius 2 is 2.16 bits per heavy atom. The van der Waals surface area contributed by atoms with Crippen molar-refractivity contribution in [3.05, 3.63) is 24.2 Å². The topological polar surface area (TPSA) is 88.8 Å². The van der Waals surface area contributed by atoms with Crippen LogP contribution in [0.3, 0.4) is 0 Å². The quantitative estimate of drug-likeness (QED) is 0.784. The molecule has 0 aliphatic heterocycles. The Balaban J connectivity index is 1.90. The van der Waals surface area contributed by atoms with Gasteiger partial charge in [-0.15, -0.1) is 0 Å². The number of hydrogen-bond donors (Lipinski definition) is 2. The zero-order chi connectivity index (χ0) is 13.5. The highest BCUT2D eigenvalue weighted by atomic mass is 19.1. The summed E-state index contributed by atoms with van der Waals surface area (Å²) in [5, 5.41) is 9.54. The summed E-state index contributed by atoms with van der Waals surface area (Å²) < 4.78 is 18.1. The van der Waals surface area contributed by atoms with Crippen molar-refractivity contribution in [2.75, 3.05) is 23.7 Å². The molecule has 19 heavy (non-hydrogen) atoms. The molecule has 0 aliphatic carbocycles. The zero-order valence-electron chi connectivity index (χ0n) is 10.6. The number of aromatic nitrogens is 4. The van der Waals surface area contributed by atoms with Crippen molar-refractivity contribution < 1.29 is 8.91 Å². The third-order valence-electron chi connectivity index (χ3n) is 2.33. The molecule has 0 atom stereocenters. The molecule has 0 fully saturated rings. The number of anilines is 2. The van der Waals surface area contributed by atoms with Crippen molar-refractivity contribution in [1.82, 2.24) is 20.1 Å². The van der Waals surface area contributed by atoms with Gasteiger partial charge in [-0.2, -0.15) is 9.97 Å². The lowest BCUT2D eigenvalue weighted by Crippen LogP contribution is -2.11. The van der Waals surface area contributed by atoms with Gasteiger partial charge in [0.05, 0.1) is 6.20 Å². The van der Waals surface area contributed by atoms with Gasteiger partial charge in [-0.1, -0.05) is 12.1 Å². The molecule has 0 amide bonds. The molecule has 2 aromatic heterocycles. The predicted octanol–water partition coefficient (Wildman–Crippen LogP) is 1.48. The van der Waals surface area contributed by atoms with E-state index < -0.39 is 5.82 Å². The fraction of sp³-hybridized carbons (Fsp3) is 0.455. The van der Waals surface area contributed by atoms with Gasteiger partial charge < -0.3 is 15.2 Å². The Morgan fingerprint density at radius 3 is 2.89 bits per heavy atom. The van der Waals surface area contributed by atoms with Gasteiger partial charge in [0.1, 0.15) is 0 Å². The van der Waals surface area contributed by atoms with Crippen molar-refractivity contribution in [3.8, 4) is 0 Å². The highest BCUT2D eigenvalue weighted by Gasteiger charge is 2.06. The highest BCUT2D eigenvalue weighted by Crippen LogP contribution is 2.11. The number of nitrogens with one attached hydrogen (secondary N) is 2. The third kappa shape index (κ3) is 3.87. The molecule has 0 saturated carbocycles. The molecular weight excluding hydrogens is 251 g/mol. The van der Waals surface area contributed by atoms with Crippen LogP contribution in [-0.2, 0) is 6.42 Å². The SMILES string of the molecule is CCCNc1ncc(F)c(NCCc2ncon2)n1. The lowest BCUT2D eigenvalue weighted by molar-refractivity contribution is 0.410. The Morgan fingerprint density at radius 1 is 1.26 bits per heavy atom. The lowest BCUT2D eigenvalue weighted by Gasteiger charge is -2.08. The molecule has 0 saturated heterocycles.